The summed E-state index contributed by atoms with van der Waals surface area (Å²) in [6.45, 7) is 3.61. The van der Waals surface area contributed by atoms with Crippen LogP contribution in [0.3, 0.4) is 0 Å². The molecule has 2 rings (SSSR count). The minimum Gasteiger partial charge on any atom is -0.207 e. The number of halogens is 4. The third-order valence-electron chi connectivity index (χ3n) is 4.15. The molecule has 0 atom stereocenters. The second-order valence-electron chi connectivity index (χ2n) is 5.51. The summed E-state index contributed by atoms with van der Waals surface area (Å²) in [5.41, 5.74) is 1.46. The van der Waals surface area contributed by atoms with Crippen LogP contribution in [0.5, 0.6) is 0 Å². The Morgan fingerprint density at radius 3 is 2.33 bits per heavy atom. The van der Waals surface area contributed by atoms with Gasteiger partial charge < -0.3 is 0 Å². The van der Waals surface area contributed by atoms with E-state index in [0.29, 0.717) is 37.7 Å². The maximum absolute atomic E-state index is 14.1. The Hall–Kier alpha value is -1.58. The summed E-state index contributed by atoms with van der Waals surface area (Å²) in [7, 11) is 0. The molecule has 0 radical (unpaired) electrons. The summed E-state index contributed by atoms with van der Waals surface area (Å²) in [5, 5.41) is 0. The van der Waals surface area contributed by atoms with Crippen LogP contribution in [-0.4, -0.2) is 0 Å². The number of hydrogen-bond acceptors (Lipinski definition) is 0. The molecule has 0 nitrogen and oxygen atoms in total. The summed E-state index contributed by atoms with van der Waals surface area (Å²) < 4.78 is 51.8. The SMILES string of the molecule is C=CCc1ccc(C2CCC(C(F)=C(F)F)CC2)c(F)c1. The molecular weight excluding hydrogens is 280 g/mol. The van der Waals surface area contributed by atoms with E-state index in [9.17, 15) is 17.6 Å². The highest BCUT2D eigenvalue weighted by Crippen LogP contribution is 2.40. The second-order valence-corrected chi connectivity index (χ2v) is 5.51. The Morgan fingerprint density at radius 2 is 1.81 bits per heavy atom. The highest BCUT2D eigenvalue weighted by Gasteiger charge is 2.28. The largest absolute Gasteiger partial charge is 0.301 e. The fraction of sp³-hybridized carbons (Fsp3) is 0.412. The fourth-order valence-electron chi connectivity index (χ4n) is 3.01. The number of hydrogen-bond donors (Lipinski definition) is 0. The summed E-state index contributed by atoms with van der Waals surface area (Å²) in [4.78, 5) is 0. The van der Waals surface area contributed by atoms with E-state index in [2.05, 4.69) is 6.58 Å². The lowest BCUT2D eigenvalue weighted by Gasteiger charge is -2.28. The Bertz CT molecular complexity index is 536. The van der Waals surface area contributed by atoms with Crippen LogP contribution < -0.4 is 0 Å². The monoisotopic (exact) mass is 298 g/mol. The van der Waals surface area contributed by atoms with Crippen molar-refractivity contribution in [2.75, 3.05) is 0 Å². The van der Waals surface area contributed by atoms with E-state index in [1.54, 1.807) is 12.1 Å². The van der Waals surface area contributed by atoms with Crippen LogP contribution in [0.15, 0.2) is 42.8 Å². The topological polar surface area (TPSA) is 0 Å². The van der Waals surface area contributed by atoms with Crippen LogP contribution in [0.2, 0.25) is 0 Å². The van der Waals surface area contributed by atoms with Crippen molar-refractivity contribution in [1.29, 1.82) is 0 Å². The lowest BCUT2D eigenvalue weighted by atomic mass is 9.78. The van der Waals surface area contributed by atoms with Gasteiger partial charge in [0.15, 0.2) is 5.83 Å². The van der Waals surface area contributed by atoms with E-state index in [1.165, 1.54) is 6.07 Å². The maximum Gasteiger partial charge on any atom is 0.301 e. The molecule has 0 amide bonds. The molecule has 114 valence electrons. The van der Waals surface area contributed by atoms with Gasteiger partial charge in [-0.3, -0.25) is 0 Å². The van der Waals surface area contributed by atoms with Gasteiger partial charge in [-0.15, -0.1) is 6.58 Å². The van der Waals surface area contributed by atoms with Gasteiger partial charge in [0.1, 0.15) is 5.82 Å². The standard InChI is InChI=1S/C17H18F4/c1-2-3-11-4-9-14(15(18)10-11)12-5-7-13(8-6-12)16(19)17(20)21/h2,4,9-10,12-13H,1,3,5-8H2. The predicted molar refractivity (Wildman–Crippen MR) is 75.4 cm³/mol. The fourth-order valence-corrected chi connectivity index (χ4v) is 3.01. The number of rotatable bonds is 4. The van der Waals surface area contributed by atoms with E-state index >= 15 is 0 Å². The average Bonchev–Trinajstić information content (AvgIpc) is 2.47. The predicted octanol–water partition coefficient (Wildman–Crippen LogP) is 5.91. The van der Waals surface area contributed by atoms with E-state index in [1.807, 2.05) is 6.07 Å². The van der Waals surface area contributed by atoms with Crippen LogP contribution in [0, 0.1) is 11.7 Å². The quantitative estimate of drug-likeness (QED) is 0.479. The van der Waals surface area contributed by atoms with Gasteiger partial charge in [-0.05, 0) is 55.2 Å². The highest BCUT2D eigenvalue weighted by molar-refractivity contribution is 5.29. The van der Waals surface area contributed by atoms with Crippen molar-refractivity contribution in [3.05, 3.63) is 59.7 Å². The van der Waals surface area contributed by atoms with Gasteiger partial charge in [-0.25, -0.2) is 8.78 Å². The minimum absolute atomic E-state index is 0.0190. The molecule has 0 aliphatic heterocycles. The summed E-state index contributed by atoms with van der Waals surface area (Å²) >= 11 is 0. The van der Waals surface area contributed by atoms with Crippen molar-refractivity contribution in [1.82, 2.24) is 0 Å². The van der Waals surface area contributed by atoms with Gasteiger partial charge in [0.05, 0.1) is 0 Å². The molecule has 21 heavy (non-hydrogen) atoms. The molecule has 0 heterocycles. The van der Waals surface area contributed by atoms with Gasteiger partial charge in [0.25, 0.3) is 0 Å². The van der Waals surface area contributed by atoms with Crippen LogP contribution in [0.25, 0.3) is 0 Å². The summed E-state index contributed by atoms with van der Waals surface area (Å²) in [6.07, 6.45) is 1.82. The van der Waals surface area contributed by atoms with Gasteiger partial charge in [0.2, 0.25) is 0 Å². The smallest absolute Gasteiger partial charge is 0.207 e. The normalized spacial score (nSPS) is 21.9. The molecule has 1 aliphatic carbocycles. The molecule has 0 unspecified atom stereocenters. The maximum atomic E-state index is 14.1. The lowest BCUT2D eigenvalue weighted by molar-refractivity contribution is 0.279. The van der Waals surface area contributed by atoms with E-state index < -0.39 is 17.8 Å². The molecular formula is C17H18F4. The van der Waals surface area contributed by atoms with Crippen molar-refractivity contribution in [3.63, 3.8) is 0 Å². The Kier molecular flexibility index (Phi) is 5.21. The van der Waals surface area contributed by atoms with Gasteiger partial charge in [0, 0.05) is 5.92 Å². The molecule has 0 saturated heterocycles. The van der Waals surface area contributed by atoms with Gasteiger partial charge in [-0.1, -0.05) is 18.2 Å². The first-order valence-corrected chi connectivity index (χ1v) is 7.12. The molecule has 0 spiro atoms. The Balaban J connectivity index is 2.05. The summed E-state index contributed by atoms with van der Waals surface area (Å²) in [6, 6.07) is 5.10. The first kappa shape index (κ1) is 15.8. The third-order valence-corrected chi connectivity index (χ3v) is 4.15. The van der Waals surface area contributed by atoms with Crippen LogP contribution >= 0.6 is 0 Å². The number of benzene rings is 1. The summed E-state index contributed by atoms with van der Waals surface area (Å²) in [5.74, 6) is -2.30. The zero-order valence-corrected chi connectivity index (χ0v) is 11.7. The highest BCUT2D eigenvalue weighted by atomic mass is 19.3. The average molecular weight is 298 g/mol. The Morgan fingerprint density at radius 1 is 1.14 bits per heavy atom. The van der Waals surface area contributed by atoms with E-state index in [-0.39, 0.29) is 11.7 Å². The molecule has 0 bridgehead atoms. The van der Waals surface area contributed by atoms with Gasteiger partial charge >= 0.3 is 6.08 Å². The molecule has 1 aliphatic rings. The zero-order chi connectivity index (χ0) is 15.4. The van der Waals surface area contributed by atoms with Crippen molar-refractivity contribution in [2.24, 2.45) is 5.92 Å². The van der Waals surface area contributed by atoms with Crippen LogP contribution in [0.1, 0.15) is 42.7 Å². The molecule has 1 saturated carbocycles. The molecule has 1 aromatic rings. The van der Waals surface area contributed by atoms with Crippen molar-refractivity contribution >= 4 is 0 Å². The molecule has 0 N–H and O–H groups in total. The molecule has 1 aromatic carbocycles. The molecule has 1 fully saturated rings. The first-order chi connectivity index (χ1) is 10.0. The zero-order valence-electron chi connectivity index (χ0n) is 11.7. The van der Waals surface area contributed by atoms with Crippen molar-refractivity contribution in [3.8, 4) is 0 Å². The third kappa shape index (κ3) is 3.74. The lowest BCUT2D eigenvalue weighted by Crippen LogP contribution is -2.15. The van der Waals surface area contributed by atoms with E-state index in [4.69, 9.17) is 0 Å². The van der Waals surface area contributed by atoms with E-state index in [0.717, 1.165) is 5.56 Å². The van der Waals surface area contributed by atoms with Gasteiger partial charge in [-0.2, -0.15) is 8.78 Å². The van der Waals surface area contributed by atoms with Crippen molar-refractivity contribution in [2.45, 2.75) is 38.0 Å². The van der Waals surface area contributed by atoms with Crippen LogP contribution in [-0.2, 0) is 6.42 Å². The number of allylic oxidation sites excluding steroid dienone is 2. The van der Waals surface area contributed by atoms with Crippen LogP contribution in [0.4, 0.5) is 17.6 Å². The second kappa shape index (κ2) is 6.92. The molecule has 0 aromatic heterocycles. The molecule has 4 heteroatoms. The Labute approximate surface area is 122 Å². The van der Waals surface area contributed by atoms with Crippen molar-refractivity contribution < 1.29 is 17.6 Å². The first-order valence-electron chi connectivity index (χ1n) is 7.12. The minimum atomic E-state index is -2.22.